The fourth-order valence-electron chi connectivity index (χ4n) is 2.17. The van der Waals surface area contributed by atoms with Crippen LogP contribution in [0.3, 0.4) is 0 Å². The van der Waals surface area contributed by atoms with Crippen molar-refractivity contribution in [3.63, 3.8) is 0 Å². The molecule has 2 aromatic carbocycles. The first-order valence-electron chi connectivity index (χ1n) is 6.08. The first-order valence-corrected chi connectivity index (χ1v) is 6.46. The molecule has 2 amide bonds. The fraction of sp³-hybridized carbons (Fsp3) is 0. The van der Waals surface area contributed by atoms with Gasteiger partial charge in [-0.2, -0.15) is 0 Å². The molecule has 1 aliphatic heterocycles. The lowest BCUT2D eigenvalue weighted by Gasteiger charge is -2.18. The molecule has 20 heavy (non-hydrogen) atoms. The molecule has 0 saturated heterocycles. The standard InChI is InChI=1S/C16H10ClNO2/c17-14-8-4-1-5-10(14)9-13-11-6-2-3-7-12(11)15(19)18-16(13)20/h1-9H,(H,18,19,20). The number of carbonyl (C=O) groups excluding carboxylic acids is 2. The summed E-state index contributed by atoms with van der Waals surface area (Å²) in [5.74, 6) is -0.782. The zero-order valence-corrected chi connectivity index (χ0v) is 11.1. The lowest BCUT2D eigenvalue weighted by atomic mass is 9.93. The van der Waals surface area contributed by atoms with Gasteiger partial charge >= 0.3 is 0 Å². The molecule has 4 heteroatoms. The van der Waals surface area contributed by atoms with Gasteiger partial charge in [0, 0.05) is 16.2 Å². The Kier molecular flexibility index (Phi) is 3.12. The summed E-state index contributed by atoms with van der Waals surface area (Å²) in [6.07, 6.45) is 1.70. The van der Waals surface area contributed by atoms with E-state index in [1.807, 2.05) is 18.2 Å². The maximum Gasteiger partial charge on any atom is 0.258 e. The summed E-state index contributed by atoms with van der Waals surface area (Å²) in [6, 6.07) is 14.3. The minimum atomic E-state index is -0.409. The van der Waals surface area contributed by atoms with Crippen molar-refractivity contribution in [1.82, 2.24) is 5.32 Å². The summed E-state index contributed by atoms with van der Waals surface area (Å²) < 4.78 is 0. The van der Waals surface area contributed by atoms with E-state index in [-0.39, 0.29) is 5.91 Å². The molecule has 1 heterocycles. The Morgan fingerprint density at radius 1 is 0.850 bits per heavy atom. The predicted molar refractivity (Wildman–Crippen MR) is 78.2 cm³/mol. The highest BCUT2D eigenvalue weighted by Crippen LogP contribution is 2.27. The van der Waals surface area contributed by atoms with Crippen molar-refractivity contribution in [3.8, 4) is 0 Å². The Balaban J connectivity index is 2.19. The molecule has 1 aliphatic rings. The first kappa shape index (κ1) is 12.6. The summed E-state index contributed by atoms with van der Waals surface area (Å²) in [5.41, 5.74) is 2.29. The average molecular weight is 284 g/mol. The Bertz CT molecular complexity index is 750. The molecule has 0 radical (unpaired) electrons. The maximum absolute atomic E-state index is 12.0. The van der Waals surface area contributed by atoms with Crippen LogP contribution in [0.2, 0.25) is 5.02 Å². The second kappa shape index (κ2) is 4.94. The van der Waals surface area contributed by atoms with E-state index in [0.717, 1.165) is 5.56 Å². The van der Waals surface area contributed by atoms with Gasteiger partial charge in [-0.1, -0.05) is 48.0 Å². The lowest BCUT2D eigenvalue weighted by Crippen LogP contribution is -2.36. The molecular formula is C16H10ClNO2. The van der Waals surface area contributed by atoms with Crippen LogP contribution in [-0.4, -0.2) is 11.8 Å². The largest absolute Gasteiger partial charge is 0.288 e. The number of fused-ring (bicyclic) bond motifs is 1. The van der Waals surface area contributed by atoms with Crippen molar-refractivity contribution < 1.29 is 9.59 Å². The van der Waals surface area contributed by atoms with Crippen LogP contribution >= 0.6 is 11.6 Å². The topological polar surface area (TPSA) is 46.2 Å². The monoisotopic (exact) mass is 283 g/mol. The van der Waals surface area contributed by atoms with Gasteiger partial charge in [0.2, 0.25) is 0 Å². The van der Waals surface area contributed by atoms with E-state index >= 15 is 0 Å². The smallest absolute Gasteiger partial charge is 0.258 e. The Morgan fingerprint density at radius 3 is 2.25 bits per heavy atom. The SMILES string of the molecule is O=C1NC(=O)c2ccccc2C1=Cc1ccccc1Cl. The number of nitrogens with one attached hydrogen (secondary N) is 1. The van der Waals surface area contributed by atoms with Crippen molar-refractivity contribution >= 4 is 35.1 Å². The number of benzene rings is 2. The van der Waals surface area contributed by atoms with Gasteiger partial charge in [0.1, 0.15) is 0 Å². The van der Waals surface area contributed by atoms with Gasteiger partial charge in [0.15, 0.2) is 0 Å². The van der Waals surface area contributed by atoms with Crippen molar-refractivity contribution in [1.29, 1.82) is 0 Å². The molecule has 0 atom stereocenters. The fourth-order valence-corrected chi connectivity index (χ4v) is 2.36. The van der Waals surface area contributed by atoms with Gasteiger partial charge < -0.3 is 0 Å². The molecule has 0 bridgehead atoms. The van der Waals surface area contributed by atoms with Crippen LogP contribution in [0.4, 0.5) is 0 Å². The Labute approximate surface area is 120 Å². The van der Waals surface area contributed by atoms with Crippen molar-refractivity contribution in [2.45, 2.75) is 0 Å². The molecule has 0 fully saturated rings. The van der Waals surface area contributed by atoms with Crippen molar-refractivity contribution in [3.05, 3.63) is 70.2 Å². The molecule has 3 nitrogen and oxygen atoms in total. The highest BCUT2D eigenvalue weighted by Gasteiger charge is 2.26. The molecule has 3 rings (SSSR count). The minimum absolute atomic E-state index is 0.373. The quantitative estimate of drug-likeness (QED) is 0.645. The number of halogens is 1. The van der Waals surface area contributed by atoms with E-state index in [1.165, 1.54) is 0 Å². The third kappa shape index (κ3) is 2.12. The normalized spacial score (nSPS) is 15.9. The Morgan fingerprint density at radius 2 is 1.50 bits per heavy atom. The van der Waals surface area contributed by atoms with Crippen molar-refractivity contribution in [2.75, 3.05) is 0 Å². The predicted octanol–water partition coefficient (Wildman–Crippen LogP) is 3.15. The molecular weight excluding hydrogens is 274 g/mol. The van der Waals surface area contributed by atoms with Crippen LogP contribution in [0.25, 0.3) is 11.6 Å². The number of hydrogen-bond acceptors (Lipinski definition) is 2. The number of carbonyl (C=O) groups is 2. The molecule has 0 spiro atoms. The highest BCUT2D eigenvalue weighted by atomic mass is 35.5. The van der Waals surface area contributed by atoms with Crippen LogP contribution in [0, 0.1) is 0 Å². The van der Waals surface area contributed by atoms with E-state index in [9.17, 15) is 9.59 Å². The molecule has 0 aliphatic carbocycles. The number of hydrogen-bond donors (Lipinski definition) is 1. The third-order valence-corrected chi connectivity index (χ3v) is 3.48. The second-order valence-electron chi connectivity index (χ2n) is 4.41. The molecule has 98 valence electrons. The van der Waals surface area contributed by atoms with Gasteiger partial charge in [0.25, 0.3) is 11.8 Å². The molecule has 2 aromatic rings. The van der Waals surface area contributed by atoms with Gasteiger partial charge in [-0.25, -0.2) is 0 Å². The van der Waals surface area contributed by atoms with Gasteiger partial charge in [-0.15, -0.1) is 0 Å². The van der Waals surface area contributed by atoms with E-state index in [1.54, 1.807) is 36.4 Å². The summed E-state index contributed by atoms with van der Waals surface area (Å²) >= 11 is 6.10. The molecule has 0 aromatic heterocycles. The summed E-state index contributed by atoms with van der Waals surface area (Å²) in [7, 11) is 0. The van der Waals surface area contributed by atoms with Gasteiger partial charge in [-0.3, -0.25) is 14.9 Å². The van der Waals surface area contributed by atoms with Crippen LogP contribution in [0.5, 0.6) is 0 Å². The highest BCUT2D eigenvalue weighted by molar-refractivity contribution is 6.36. The number of imide groups is 1. The average Bonchev–Trinajstić information content (AvgIpc) is 2.45. The summed E-state index contributed by atoms with van der Waals surface area (Å²) in [5, 5.41) is 2.89. The summed E-state index contributed by atoms with van der Waals surface area (Å²) in [6.45, 7) is 0. The lowest BCUT2D eigenvalue weighted by molar-refractivity contribution is -0.114. The van der Waals surface area contributed by atoms with Gasteiger partial charge in [0.05, 0.1) is 0 Å². The van der Waals surface area contributed by atoms with Crippen LogP contribution in [0.15, 0.2) is 48.5 Å². The van der Waals surface area contributed by atoms with E-state index < -0.39 is 5.91 Å². The molecule has 1 N–H and O–H groups in total. The van der Waals surface area contributed by atoms with Crippen LogP contribution in [-0.2, 0) is 4.79 Å². The van der Waals surface area contributed by atoms with E-state index in [4.69, 9.17) is 11.6 Å². The Hall–Kier alpha value is -2.39. The maximum atomic E-state index is 12.0. The van der Waals surface area contributed by atoms with Crippen LogP contribution < -0.4 is 5.32 Å². The van der Waals surface area contributed by atoms with Crippen molar-refractivity contribution in [2.24, 2.45) is 0 Å². The van der Waals surface area contributed by atoms with Gasteiger partial charge in [-0.05, 0) is 29.3 Å². The zero-order chi connectivity index (χ0) is 14.1. The number of amides is 2. The third-order valence-electron chi connectivity index (χ3n) is 3.14. The molecule has 0 unspecified atom stereocenters. The van der Waals surface area contributed by atoms with E-state index in [0.29, 0.717) is 21.7 Å². The molecule has 0 saturated carbocycles. The van der Waals surface area contributed by atoms with E-state index in [2.05, 4.69) is 5.32 Å². The zero-order valence-electron chi connectivity index (χ0n) is 10.4. The number of rotatable bonds is 1. The second-order valence-corrected chi connectivity index (χ2v) is 4.82. The summed E-state index contributed by atoms with van der Waals surface area (Å²) in [4.78, 5) is 23.8. The first-order chi connectivity index (χ1) is 9.66. The minimum Gasteiger partial charge on any atom is -0.288 e. The van der Waals surface area contributed by atoms with Crippen LogP contribution in [0.1, 0.15) is 21.5 Å².